The minimum atomic E-state index is -0.0941. The van der Waals surface area contributed by atoms with Gasteiger partial charge in [-0.25, -0.2) is 0 Å². The second-order valence-electron chi connectivity index (χ2n) is 5.23. The van der Waals surface area contributed by atoms with Gasteiger partial charge in [0.05, 0.1) is 6.04 Å². The first-order valence-electron chi connectivity index (χ1n) is 7.31. The minimum absolute atomic E-state index is 0.0372. The average Bonchev–Trinajstić information content (AvgIpc) is 2.54. The Bertz CT molecular complexity index is 629. The number of carbonyl (C=O) groups is 1. The maximum Gasteiger partial charge on any atom is 0.251 e. The minimum Gasteiger partial charge on any atom is -0.490 e. The van der Waals surface area contributed by atoms with Crippen molar-refractivity contribution in [1.29, 1.82) is 0 Å². The van der Waals surface area contributed by atoms with Gasteiger partial charge in [0.1, 0.15) is 12.4 Å². The summed E-state index contributed by atoms with van der Waals surface area (Å²) >= 11 is 0. The van der Waals surface area contributed by atoms with Crippen molar-refractivity contribution in [3.05, 3.63) is 77.9 Å². The van der Waals surface area contributed by atoms with E-state index in [0.29, 0.717) is 12.2 Å². The van der Waals surface area contributed by atoms with Crippen molar-refractivity contribution in [3.8, 4) is 5.75 Å². The molecule has 0 fully saturated rings. The van der Waals surface area contributed by atoms with Crippen LogP contribution in [0.3, 0.4) is 0 Å². The van der Waals surface area contributed by atoms with Gasteiger partial charge in [0, 0.05) is 5.56 Å². The first kappa shape index (κ1) is 15.8. The highest BCUT2D eigenvalue weighted by Gasteiger charge is 2.11. The van der Waals surface area contributed by atoms with Crippen molar-refractivity contribution in [2.45, 2.75) is 19.9 Å². The molecule has 0 heterocycles. The van der Waals surface area contributed by atoms with E-state index in [0.717, 1.165) is 11.3 Å². The molecule has 22 heavy (non-hydrogen) atoms. The third-order valence-corrected chi connectivity index (χ3v) is 3.41. The van der Waals surface area contributed by atoms with Crippen LogP contribution >= 0.6 is 0 Å². The van der Waals surface area contributed by atoms with E-state index in [-0.39, 0.29) is 11.9 Å². The quantitative estimate of drug-likeness (QED) is 0.816. The van der Waals surface area contributed by atoms with Crippen molar-refractivity contribution in [3.63, 3.8) is 0 Å². The molecule has 0 aliphatic heterocycles. The van der Waals surface area contributed by atoms with Crippen LogP contribution in [-0.2, 0) is 0 Å². The first-order chi connectivity index (χ1) is 10.6. The summed E-state index contributed by atoms with van der Waals surface area (Å²) in [7, 11) is 0. The van der Waals surface area contributed by atoms with Crippen LogP contribution in [0.5, 0.6) is 5.75 Å². The summed E-state index contributed by atoms with van der Waals surface area (Å²) in [5.41, 5.74) is 2.91. The van der Waals surface area contributed by atoms with Crippen LogP contribution in [0, 0.1) is 6.92 Å². The molecule has 0 unspecified atom stereocenters. The lowest BCUT2D eigenvalue weighted by atomic mass is 10.1. The van der Waals surface area contributed by atoms with Crippen LogP contribution in [0.1, 0.15) is 34.5 Å². The largest absolute Gasteiger partial charge is 0.490 e. The monoisotopic (exact) mass is 295 g/mol. The number of ether oxygens (including phenoxy) is 1. The molecule has 0 aliphatic rings. The molecule has 1 atom stereocenters. The van der Waals surface area contributed by atoms with E-state index in [4.69, 9.17) is 4.74 Å². The van der Waals surface area contributed by atoms with Crippen molar-refractivity contribution in [1.82, 2.24) is 5.32 Å². The Morgan fingerprint density at radius 3 is 2.41 bits per heavy atom. The molecule has 0 aromatic heterocycles. The van der Waals surface area contributed by atoms with Gasteiger partial charge >= 0.3 is 0 Å². The number of aryl methyl sites for hydroxylation is 1. The van der Waals surface area contributed by atoms with Crippen LogP contribution in [0.4, 0.5) is 0 Å². The molecule has 1 N–H and O–H groups in total. The fourth-order valence-electron chi connectivity index (χ4n) is 2.08. The topological polar surface area (TPSA) is 38.3 Å². The van der Waals surface area contributed by atoms with Gasteiger partial charge in [-0.15, -0.1) is 0 Å². The Morgan fingerprint density at radius 1 is 1.18 bits per heavy atom. The summed E-state index contributed by atoms with van der Waals surface area (Å²) in [5, 5.41) is 3.00. The number of hydrogen-bond acceptors (Lipinski definition) is 2. The zero-order valence-corrected chi connectivity index (χ0v) is 13.0. The van der Waals surface area contributed by atoms with E-state index < -0.39 is 0 Å². The fourth-order valence-corrected chi connectivity index (χ4v) is 2.08. The van der Waals surface area contributed by atoms with Gasteiger partial charge in [0.15, 0.2) is 0 Å². The highest BCUT2D eigenvalue weighted by Crippen LogP contribution is 2.16. The molecule has 0 aliphatic carbocycles. The van der Waals surface area contributed by atoms with Crippen LogP contribution in [0.15, 0.2) is 61.2 Å². The highest BCUT2D eigenvalue weighted by atomic mass is 16.5. The third-order valence-electron chi connectivity index (χ3n) is 3.41. The number of nitrogens with one attached hydrogen (secondary N) is 1. The molecular formula is C19H21NO2. The zero-order chi connectivity index (χ0) is 15.9. The van der Waals surface area contributed by atoms with Gasteiger partial charge in [-0.05, 0) is 43.7 Å². The van der Waals surface area contributed by atoms with E-state index in [9.17, 15) is 4.79 Å². The standard InChI is InChI=1S/C19H21NO2/c1-4-13-22-18-11-9-17(10-12-18)19(21)20-15(3)16-7-5-14(2)6-8-16/h4-12,15H,1,13H2,2-3H3,(H,20,21)/t15-/m1/s1. The number of rotatable bonds is 6. The Kier molecular flexibility index (Phi) is 5.37. The maximum atomic E-state index is 12.3. The van der Waals surface area contributed by atoms with Gasteiger partial charge in [0.2, 0.25) is 0 Å². The predicted molar refractivity (Wildman–Crippen MR) is 89.2 cm³/mol. The Balaban J connectivity index is 1.99. The van der Waals surface area contributed by atoms with E-state index >= 15 is 0 Å². The number of amides is 1. The lowest BCUT2D eigenvalue weighted by molar-refractivity contribution is 0.0940. The SMILES string of the molecule is C=CCOc1ccc(C(=O)N[C@H](C)c2ccc(C)cc2)cc1. The zero-order valence-electron chi connectivity index (χ0n) is 13.0. The van der Waals surface area contributed by atoms with Crippen LogP contribution in [0.2, 0.25) is 0 Å². The molecule has 2 rings (SSSR count). The smallest absolute Gasteiger partial charge is 0.251 e. The molecule has 3 nitrogen and oxygen atoms in total. The molecule has 2 aromatic carbocycles. The lowest BCUT2D eigenvalue weighted by Crippen LogP contribution is -2.26. The molecule has 0 saturated heterocycles. The first-order valence-corrected chi connectivity index (χ1v) is 7.31. The van der Waals surface area contributed by atoms with Gasteiger partial charge in [-0.1, -0.05) is 42.5 Å². The lowest BCUT2D eigenvalue weighted by Gasteiger charge is -2.15. The molecule has 3 heteroatoms. The fraction of sp³-hybridized carbons (Fsp3) is 0.211. The highest BCUT2D eigenvalue weighted by molar-refractivity contribution is 5.94. The Morgan fingerprint density at radius 2 is 1.82 bits per heavy atom. The third kappa shape index (κ3) is 4.22. The molecular weight excluding hydrogens is 274 g/mol. The van der Waals surface area contributed by atoms with Crippen molar-refractivity contribution >= 4 is 5.91 Å². The van der Waals surface area contributed by atoms with Crippen molar-refractivity contribution < 1.29 is 9.53 Å². The second-order valence-corrected chi connectivity index (χ2v) is 5.23. The van der Waals surface area contributed by atoms with Gasteiger partial charge in [-0.2, -0.15) is 0 Å². The predicted octanol–water partition coefficient (Wildman–Crippen LogP) is 4.05. The Hall–Kier alpha value is -2.55. The summed E-state index contributed by atoms with van der Waals surface area (Å²) in [4.78, 5) is 12.3. The molecule has 0 bridgehead atoms. The molecule has 0 saturated carbocycles. The van der Waals surface area contributed by atoms with Gasteiger partial charge in [-0.3, -0.25) is 4.79 Å². The van der Waals surface area contributed by atoms with Gasteiger partial charge < -0.3 is 10.1 Å². The molecule has 0 radical (unpaired) electrons. The summed E-state index contributed by atoms with van der Waals surface area (Å²) in [6, 6.07) is 15.2. The molecule has 0 spiro atoms. The van der Waals surface area contributed by atoms with Crippen LogP contribution in [-0.4, -0.2) is 12.5 Å². The van der Waals surface area contributed by atoms with Gasteiger partial charge in [0.25, 0.3) is 5.91 Å². The summed E-state index contributed by atoms with van der Waals surface area (Å²) in [6.07, 6.45) is 1.68. The molecule has 114 valence electrons. The normalized spacial score (nSPS) is 11.5. The number of hydrogen-bond donors (Lipinski definition) is 1. The molecule has 1 amide bonds. The van der Waals surface area contributed by atoms with Crippen LogP contribution < -0.4 is 10.1 Å². The van der Waals surface area contributed by atoms with Crippen LogP contribution in [0.25, 0.3) is 0 Å². The summed E-state index contributed by atoms with van der Waals surface area (Å²) in [5.74, 6) is 0.631. The number of carbonyl (C=O) groups excluding carboxylic acids is 1. The summed E-state index contributed by atoms with van der Waals surface area (Å²) < 4.78 is 5.40. The van der Waals surface area contributed by atoms with E-state index in [1.54, 1.807) is 30.3 Å². The summed E-state index contributed by atoms with van der Waals surface area (Å²) in [6.45, 7) is 8.07. The van der Waals surface area contributed by atoms with Crippen molar-refractivity contribution in [2.24, 2.45) is 0 Å². The van der Waals surface area contributed by atoms with Crippen molar-refractivity contribution in [2.75, 3.05) is 6.61 Å². The maximum absolute atomic E-state index is 12.3. The Labute approximate surface area is 131 Å². The van der Waals surface area contributed by atoms with E-state index in [1.807, 2.05) is 38.1 Å². The average molecular weight is 295 g/mol. The second kappa shape index (κ2) is 7.46. The number of benzene rings is 2. The van der Waals surface area contributed by atoms with E-state index in [2.05, 4.69) is 11.9 Å². The van der Waals surface area contributed by atoms with E-state index in [1.165, 1.54) is 5.56 Å². The molecule has 2 aromatic rings.